The molecule has 0 aliphatic heterocycles. The van der Waals surface area contributed by atoms with E-state index in [4.69, 9.17) is 4.74 Å². The van der Waals surface area contributed by atoms with Crippen LogP contribution in [0.3, 0.4) is 0 Å². The molecule has 1 aromatic rings. The van der Waals surface area contributed by atoms with Crippen LogP contribution in [0.5, 0.6) is 0 Å². The van der Waals surface area contributed by atoms with Crippen molar-refractivity contribution in [3.05, 3.63) is 53.3 Å². The Kier molecular flexibility index (Phi) is 7.25. The highest BCUT2D eigenvalue weighted by Crippen LogP contribution is 2.14. The first kappa shape index (κ1) is 15.8. The molecule has 1 atom stereocenters. The molecular formula is C18H26O. The van der Waals surface area contributed by atoms with Crippen LogP contribution in [-0.4, -0.2) is 6.10 Å². The number of rotatable bonds is 7. The summed E-state index contributed by atoms with van der Waals surface area (Å²) in [4.78, 5) is 0. The average molecular weight is 258 g/mol. The molecule has 1 rings (SSSR count). The fourth-order valence-electron chi connectivity index (χ4n) is 1.94. The van der Waals surface area contributed by atoms with Gasteiger partial charge in [-0.1, -0.05) is 44.2 Å². The van der Waals surface area contributed by atoms with Crippen LogP contribution in [0.25, 0.3) is 0 Å². The first-order valence-corrected chi connectivity index (χ1v) is 7.11. The summed E-state index contributed by atoms with van der Waals surface area (Å²) >= 11 is 0. The van der Waals surface area contributed by atoms with Crippen molar-refractivity contribution >= 4 is 0 Å². The largest absolute Gasteiger partial charge is 0.373 e. The lowest BCUT2D eigenvalue weighted by molar-refractivity contribution is 0.0292. The second-order valence-corrected chi connectivity index (χ2v) is 5.63. The van der Waals surface area contributed by atoms with Crippen molar-refractivity contribution < 1.29 is 4.74 Å². The molecule has 0 fully saturated rings. The molecule has 0 saturated carbocycles. The number of hydrogen-bond donors (Lipinski definition) is 0. The maximum atomic E-state index is 6.04. The van der Waals surface area contributed by atoms with E-state index in [1.165, 1.54) is 11.1 Å². The van der Waals surface area contributed by atoms with Crippen LogP contribution in [0.4, 0.5) is 0 Å². The Hall–Kier alpha value is -1.30. The second-order valence-electron chi connectivity index (χ2n) is 5.63. The molecule has 0 heterocycles. The molecule has 0 bridgehead atoms. The van der Waals surface area contributed by atoms with Crippen LogP contribution in [0.1, 0.15) is 46.1 Å². The number of ether oxygens (including phenoxy) is 1. The van der Waals surface area contributed by atoms with Crippen LogP contribution in [0.15, 0.2) is 47.7 Å². The van der Waals surface area contributed by atoms with Gasteiger partial charge < -0.3 is 4.74 Å². The van der Waals surface area contributed by atoms with Crippen molar-refractivity contribution in [2.75, 3.05) is 0 Å². The van der Waals surface area contributed by atoms with Gasteiger partial charge >= 0.3 is 0 Å². The van der Waals surface area contributed by atoms with Crippen molar-refractivity contribution in [2.24, 2.45) is 5.92 Å². The van der Waals surface area contributed by atoms with Gasteiger partial charge in [-0.2, -0.15) is 0 Å². The zero-order chi connectivity index (χ0) is 14.1. The minimum Gasteiger partial charge on any atom is -0.373 e. The summed E-state index contributed by atoms with van der Waals surface area (Å²) in [6.07, 6.45) is 4.42. The molecule has 0 amide bonds. The predicted molar refractivity (Wildman–Crippen MR) is 82.0 cm³/mol. The summed E-state index contributed by atoms with van der Waals surface area (Å²) in [5.74, 6) is 0.654. The summed E-state index contributed by atoms with van der Waals surface area (Å²) < 4.78 is 6.04. The van der Waals surface area contributed by atoms with Gasteiger partial charge in [0.2, 0.25) is 0 Å². The molecule has 0 N–H and O–H groups in total. The van der Waals surface area contributed by atoms with E-state index in [0.29, 0.717) is 12.5 Å². The minimum absolute atomic E-state index is 0.284. The van der Waals surface area contributed by atoms with Gasteiger partial charge in [0.15, 0.2) is 0 Å². The Morgan fingerprint density at radius 2 is 1.89 bits per heavy atom. The van der Waals surface area contributed by atoms with Gasteiger partial charge in [-0.25, -0.2) is 0 Å². The Labute approximate surface area is 118 Å². The molecule has 1 aromatic carbocycles. The summed E-state index contributed by atoms with van der Waals surface area (Å²) in [6, 6.07) is 10.4. The van der Waals surface area contributed by atoms with E-state index >= 15 is 0 Å². The van der Waals surface area contributed by atoms with Gasteiger partial charge in [0, 0.05) is 0 Å². The van der Waals surface area contributed by atoms with E-state index < -0.39 is 0 Å². The van der Waals surface area contributed by atoms with E-state index in [1.54, 1.807) is 0 Å². The molecule has 19 heavy (non-hydrogen) atoms. The lowest BCUT2D eigenvalue weighted by Crippen LogP contribution is -2.14. The summed E-state index contributed by atoms with van der Waals surface area (Å²) in [7, 11) is 0. The van der Waals surface area contributed by atoms with Gasteiger partial charge in [0.1, 0.15) is 0 Å². The summed E-state index contributed by atoms with van der Waals surface area (Å²) in [6.45, 7) is 9.31. The highest BCUT2D eigenvalue weighted by Gasteiger charge is 2.10. The Bertz CT molecular complexity index is 407. The lowest BCUT2D eigenvalue weighted by Gasteiger charge is -2.18. The molecule has 0 aliphatic carbocycles. The third-order valence-corrected chi connectivity index (χ3v) is 2.83. The molecular weight excluding hydrogens is 232 g/mol. The topological polar surface area (TPSA) is 9.23 Å². The van der Waals surface area contributed by atoms with Gasteiger partial charge in [-0.15, -0.1) is 5.73 Å². The fraction of sp³-hybridized carbons (Fsp3) is 0.500. The maximum Gasteiger partial charge on any atom is 0.0720 e. The molecule has 0 aliphatic rings. The zero-order valence-electron chi connectivity index (χ0n) is 12.6. The molecule has 0 saturated heterocycles. The summed E-state index contributed by atoms with van der Waals surface area (Å²) in [5, 5.41) is 0. The Balaban J connectivity index is 2.52. The van der Waals surface area contributed by atoms with E-state index in [9.17, 15) is 0 Å². The first-order chi connectivity index (χ1) is 9.08. The zero-order valence-corrected chi connectivity index (χ0v) is 12.6. The first-order valence-electron chi connectivity index (χ1n) is 7.11. The minimum atomic E-state index is 0.284. The van der Waals surface area contributed by atoms with Gasteiger partial charge in [-0.05, 0) is 49.8 Å². The monoisotopic (exact) mass is 258 g/mol. The number of hydrogen-bond acceptors (Lipinski definition) is 1. The summed E-state index contributed by atoms with van der Waals surface area (Å²) in [5.41, 5.74) is 5.71. The Morgan fingerprint density at radius 1 is 1.21 bits per heavy atom. The smallest absolute Gasteiger partial charge is 0.0720 e. The molecule has 104 valence electrons. The molecule has 1 heteroatoms. The normalized spacial score (nSPS) is 12.1. The van der Waals surface area contributed by atoms with E-state index in [1.807, 2.05) is 6.07 Å². The highest BCUT2D eigenvalue weighted by molar-refractivity contribution is 5.13. The molecule has 1 nitrogen and oxygen atoms in total. The van der Waals surface area contributed by atoms with Crippen LogP contribution in [-0.2, 0) is 11.3 Å². The van der Waals surface area contributed by atoms with Crippen LogP contribution in [0, 0.1) is 5.92 Å². The highest BCUT2D eigenvalue weighted by atomic mass is 16.5. The molecule has 0 radical (unpaired) electrons. The second kappa shape index (κ2) is 8.74. The Morgan fingerprint density at radius 3 is 2.47 bits per heavy atom. The predicted octanol–water partition coefficient (Wildman–Crippen LogP) is 5.13. The third kappa shape index (κ3) is 7.66. The van der Waals surface area contributed by atoms with Crippen LogP contribution >= 0.6 is 0 Å². The lowest BCUT2D eigenvalue weighted by atomic mass is 10.0. The quantitative estimate of drug-likeness (QED) is 0.616. The van der Waals surface area contributed by atoms with Crippen molar-refractivity contribution in [3.63, 3.8) is 0 Å². The van der Waals surface area contributed by atoms with E-state index in [2.05, 4.69) is 63.8 Å². The van der Waals surface area contributed by atoms with Gasteiger partial charge in [-0.3, -0.25) is 0 Å². The fourth-order valence-corrected chi connectivity index (χ4v) is 1.94. The van der Waals surface area contributed by atoms with Crippen molar-refractivity contribution in [3.8, 4) is 0 Å². The van der Waals surface area contributed by atoms with E-state index in [0.717, 1.165) is 12.8 Å². The van der Waals surface area contributed by atoms with Crippen molar-refractivity contribution in [1.82, 2.24) is 0 Å². The average Bonchev–Trinajstić information content (AvgIpc) is 2.36. The van der Waals surface area contributed by atoms with Crippen LogP contribution in [0.2, 0.25) is 0 Å². The number of benzene rings is 1. The van der Waals surface area contributed by atoms with Gasteiger partial charge in [0.25, 0.3) is 0 Å². The standard InChI is InChI=1S/C18H26O/c1-15(2)9-8-12-18(13-16(3)4)19-14-17-10-6-5-7-11-17/h5-8,10-11,16,18H,12-14H2,1-4H3. The molecule has 0 aromatic heterocycles. The maximum absolute atomic E-state index is 6.04. The van der Waals surface area contributed by atoms with Crippen LogP contribution < -0.4 is 0 Å². The third-order valence-electron chi connectivity index (χ3n) is 2.83. The van der Waals surface area contributed by atoms with Crippen molar-refractivity contribution in [2.45, 2.75) is 53.2 Å². The van der Waals surface area contributed by atoms with Crippen molar-refractivity contribution in [1.29, 1.82) is 0 Å². The SMILES string of the molecule is CC(C)=C=CCC(CC(C)C)OCc1ccccc1. The van der Waals surface area contributed by atoms with Gasteiger partial charge in [0.05, 0.1) is 12.7 Å². The molecule has 1 unspecified atom stereocenters. The van der Waals surface area contributed by atoms with E-state index in [-0.39, 0.29) is 6.10 Å². The molecule has 0 spiro atoms.